The monoisotopic (exact) mass is 203 g/mol. The summed E-state index contributed by atoms with van der Waals surface area (Å²) in [6.07, 6.45) is 1.74. The second-order valence-electron chi connectivity index (χ2n) is 3.07. The van der Waals surface area contributed by atoms with E-state index in [-0.39, 0.29) is 0 Å². The fourth-order valence-electron chi connectivity index (χ4n) is 1.32. The Morgan fingerprint density at radius 3 is 2.53 bits per heavy atom. The summed E-state index contributed by atoms with van der Waals surface area (Å²) in [5.41, 5.74) is 2.24. The summed E-state index contributed by atoms with van der Waals surface area (Å²) in [4.78, 5) is 4.29. The van der Waals surface area contributed by atoms with Crippen LogP contribution in [0.15, 0.2) is 30.5 Å². The minimum atomic E-state index is 0.802. The van der Waals surface area contributed by atoms with Crippen molar-refractivity contribution in [1.29, 1.82) is 0 Å². The Hall–Kier alpha value is -1.57. The zero-order valence-corrected chi connectivity index (χ0v) is 9.74. The van der Waals surface area contributed by atoms with E-state index in [1.165, 1.54) is 5.56 Å². The van der Waals surface area contributed by atoms with Gasteiger partial charge in [0.1, 0.15) is 5.75 Å². The van der Waals surface area contributed by atoms with Crippen LogP contribution in [-0.4, -0.2) is 12.1 Å². The third kappa shape index (κ3) is 2.69. The number of rotatable bonds is 1. The van der Waals surface area contributed by atoms with Crippen LogP contribution in [0.3, 0.4) is 0 Å². The van der Waals surface area contributed by atoms with Gasteiger partial charge in [-0.1, -0.05) is 26.0 Å². The van der Waals surface area contributed by atoms with Gasteiger partial charge in [-0.05, 0) is 24.6 Å². The molecule has 0 saturated heterocycles. The molecule has 0 N–H and O–H groups in total. The summed E-state index contributed by atoms with van der Waals surface area (Å²) in [6, 6.07) is 8.18. The van der Waals surface area contributed by atoms with Crippen LogP contribution in [0.5, 0.6) is 5.75 Å². The lowest BCUT2D eigenvalue weighted by molar-refractivity contribution is 0.414. The molecular formula is C13H17NO. The van der Waals surface area contributed by atoms with E-state index in [1.54, 1.807) is 13.3 Å². The van der Waals surface area contributed by atoms with Crippen molar-refractivity contribution < 1.29 is 4.74 Å². The molecule has 0 atom stereocenters. The summed E-state index contributed by atoms with van der Waals surface area (Å²) >= 11 is 0. The molecular weight excluding hydrogens is 186 g/mol. The molecule has 2 aromatic rings. The molecule has 0 aliphatic heterocycles. The molecule has 80 valence electrons. The maximum absolute atomic E-state index is 5.09. The smallest absolute Gasteiger partial charge is 0.137 e. The van der Waals surface area contributed by atoms with Crippen LogP contribution >= 0.6 is 0 Å². The third-order valence-corrected chi connectivity index (χ3v) is 2.05. The fourth-order valence-corrected chi connectivity index (χ4v) is 1.32. The van der Waals surface area contributed by atoms with E-state index >= 15 is 0 Å². The van der Waals surface area contributed by atoms with Crippen LogP contribution in [0, 0.1) is 6.92 Å². The first kappa shape index (κ1) is 11.5. The molecule has 0 saturated carbocycles. The largest absolute Gasteiger partial charge is 0.495 e. The molecule has 0 spiro atoms. The van der Waals surface area contributed by atoms with E-state index in [4.69, 9.17) is 4.74 Å². The van der Waals surface area contributed by atoms with Crippen molar-refractivity contribution in [2.24, 2.45) is 0 Å². The number of benzene rings is 1. The highest BCUT2D eigenvalue weighted by atomic mass is 16.5. The molecule has 0 radical (unpaired) electrons. The summed E-state index contributed by atoms with van der Waals surface area (Å²) in [7, 11) is 1.65. The Kier molecular flexibility index (Phi) is 4.10. The SMILES string of the molecule is CC.COc1cnc2cc(C)ccc2c1. The summed E-state index contributed by atoms with van der Waals surface area (Å²) in [5.74, 6) is 0.802. The molecule has 1 heterocycles. The normalized spacial score (nSPS) is 9.33. The predicted molar refractivity (Wildman–Crippen MR) is 64.4 cm³/mol. The number of hydrogen-bond acceptors (Lipinski definition) is 2. The van der Waals surface area contributed by atoms with Gasteiger partial charge in [-0.15, -0.1) is 0 Å². The summed E-state index contributed by atoms with van der Waals surface area (Å²) in [5, 5.41) is 1.12. The zero-order chi connectivity index (χ0) is 11.3. The average molecular weight is 203 g/mol. The topological polar surface area (TPSA) is 22.1 Å². The van der Waals surface area contributed by atoms with Crippen molar-refractivity contribution in [2.45, 2.75) is 20.8 Å². The predicted octanol–water partition coefficient (Wildman–Crippen LogP) is 3.58. The maximum atomic E-state index is 5.09. The zero-order valence-electron chi connectivity index (χ0n) is 9.74. The lowest BCUT2D eigenvalue weighted by atomic mass is 10.1. The first-order chi connectivity index (χ1) is 7.29. The van der Waals surface area contributed by atoms with Crippen molar-refractivity contribution in [3.63, 3.8) is 0 Å². The van der Waals surface area contributed by atoms with Gasteiger partial charge in [0, 0.05) is 5.39 Å². The Balaban J connectivity index is 0.000000531. The lowest BCUT2D eigenvalue weighted by Gasteiger charge is -2.01. The standard InChI is InChI=1S/C11H11NO.C2H6/c1-8-3-4-9-6-10(13-2)7-12-11(9)5-8;1-2/h3-7H,1-2H3;1-2H3. The van der Waals surface area contributed by atoms with Crippen LogP contribution in [0.1, 0.15) is 19.4 Å². The molecule has 2 rings (SSSR count). The van der Waals surface area contributed by atoms with Gasteiger partial charge in [0.15, 0.2) is 0 Å². The highest BCUT2D eigenvalue weighted by Crippen LogP contribution is 2.18. The van der Waals surface area contributed by atoms with E-state index in [0.717, 1.165) is 16.7 Å². The van der Waals surface area contributed by atoms with Gasteiger partial charge in [-0.2, -0.15) is 0 Å². The number of methoxy groups -OCH3 is 1. The Labute approximate surface area is 90.9 Å². The quantitative estimate of drug-likeness (QED) is 0.706. The molecule has 1 aromatic carbocycles. The Bertz CT molecular complexity index is 437. The van der Waals surface area contributed by atoms with Crippen molar-refractivity contribution in [3.05, 3.63) is 36.0 Å². The van der Waals surface area contributed by atoms with E-state index in [2.05, 4.69) is 30.1 Å². The summed E-state index contributed by atoms with van der Waals surface area (Å²) in [6.45, 7) is 6.06. The fraction of sp³-hybridized carbons (Fsp3) is 0.308. The minimum Gasteiger partial charge on any atom is -0.495 e. The third-order valence-electron chi connectivity index (χ3n) is 2.05. The van der Waals surface area contributed by atoms with Gasteiger partial charge in [0.2, 0.25) is 0 Å². The van der Waals surface area contributed by atoms with Gasteiger partial charge in [-0.25, -0.2) is 0 Å². The van der Waals surface area contributed by atoms with Crippen molar-refractivity contribution >= 4 is 10.9 Å². The Morgan fingerprint density at radius 2 is 1.87 bits per heavy atom. The van der Waals surface area contributed by atoms with Crippen molar-refractivity contribution in [1.82, 2.24) is 4.98 Å². The van der Waals surface area contributed by atoms with Gasteiger partial charge < -0.3 is 4.74 Å². The highest BCUT2D eigenvalue weighted by molar-refractivity contribution is 5.80. The molecule has 0 amide bonds. The van der Waals surface area contributed by atoms with Gasteiger partial charge in [0.25, 0.3) is 0 Å². The van der Waals surface area contributed by atoms with Crippen LogP contribution in [0.2, 0.25) is 0 Å². The number of hydrogen-bond donors (Lipinski definition) is 0. The molecule has 0 fully saturated rings. The van der Waals surface area contributed by atoms with Crippen molar-refractivity contribution in [3.8, 4) is 5.75 Å². The van der Waals surface area contributed by atoms with Gasteiger partial charge >= 0.3 is 0 Å². The number of aromatic nitrogens is 1. The van der Waals surface area contributed by atoms with Crippen LogP contribution in [0.4, 0.5) is 0 Å². The molecule has 1 aromatic heterocycles. The highest BCUT2D eigenvalue weighted by Gasteiger charge is 1.96. The van der Waals surface area contributed by atoms with E-state index in [1.807, 2.05) is 19.9 Å². The average Bonchev–Trinajstić information content (AvgIpc) is 2.31. The van der Waals surface area contributed by atoms with Crippen LogP contribution < -0.4 is 4.74 Å². The number of ether oxygens (including phenoxy) is 1. The van der Waals surface area contributed by atoms with E-state index in [0.29, 0.717) is 0 Å². The first-order valence-electron chi connectivity index (χ1n) is 5.20. The molecule has 0 aliphatic carbocycles. The second kappa shape index (κ2) is 5.35. The van der Waals surface area contributed by atoms with Crippen molar-refractivity contribution in [2.75, 3.05) is 7.11 Å². The minimum absolute atomic E-state index is 0.802. The molecule has 2 nitrogen and oxygen atoms in total. The van der Waals surface area contributed by atoms with E-state index in [9.17, 15) is 0 Å². The van der Waals surface area contributed by atoms with Gasteiger partial charge in [-0.3, -0.25) is 4.98 Å². The second-order valence-corrected chi connectivity index (χ2v) is 3.07. The number of fused-ring (bicyclic) bond motifs is 1. The van der Waals surface area contributed by atoms with Crippen LogP contribution in [-0.2, 0) is 0 Å². The Morgan fingerprint density at radius 1 is 1.13 bits per heavy atom. The molecule has 0 aliphatic rings. The first-order valence-corrected chi connectivity index (χ1v) is 5.20. The number of pyridine rings is 1. The van der Waals surface area contributed by atoms with Gasteiger partial charge in [0.05, 0.1) is 18.8 Å². The maximum Gasteiger partial charge on any atom is 0.137 e. The molecule has 15 heavy (non-hydrogen) atoms. The summed E-state index contributed by atoms with van der Waals surface area (Å²) < 4.78 is 5.09. The molecule has 2 heteroatoms. The van der Waals surface area contributed by atoms with Crippen LogP contribution in [0.25, 0.3) is 10.9 Å². The molecule has 0 bridgehead atoms. The number of aryl methyl sites for hydroxylation is 1. The number of nitrogens with zero attached hydrogens (tertiary/aromatic N) is 1. The lowest BCUT2D eigenvalue weighted by Crippen LogP contribution is -1.85. The molecule has 0 unspecified atom stereocenters. The van der Waals surface area contributed by atoms with E-state index < -0.39 is 0 Å².